The van der Waals surface area contributed by atoms with Crippen molar-refractivity contribution in [2.24, 2.45) is 0 Å². The lowest BCUT2D eigenvalue weighted by Gasteiger charge is -2.04. The summed E-state index contributed by atoms with van der Waals surface area (Å²) in [7, 11) is 0. The van der Waals surface area contributed by atoms with Crippen LogP contribution in [0.25, 0.3) is 0 Å². The van der Waals surface area contributed by atoms with Crippen molar-refractivity contribution in [1.29, 1.82) is 0 Å². The van der Waals surface area contributed by atoms with E-state index < -0.39 is 11.6 Å². The molecular weight excluding hydrogens is 238 g/mol. The van der Waals surface area contributed by atoms with Crippen molar-refractivity contribution < 1.29 is 13.5 Å². The summed E-state index contributed by atoms with van der Waals surface area (Å²) in [4.78, 5) is 0. The number of ether oxygens (including phenoxy) is 1. The number of halogens is 2. The Balaban J connectivity index is 1.97. The normalized spacial score (nSPS) is 10.6. The topological polar surface area (TPSA) is 27.1 Å². The van der Waals surface area contributed by atoms with E-state index in [1.165, 1.54) is 12.1 Å². The van der Waals surface area contributed by atoms with E-state index >= 15 is 0 Å². The minimum absolute atomic E-state index is 0.0595. The van der Waals surface area contributed by atoms with Crippen molar-refractivity contribution in [2.45, 2.75) is 26.5 Å². The largest absolute Gasteiger partial charge is 0.486 e. The molecule has 5 heteroatoms. The van der Waals surface area contributed by atoms with Gasteiger partial charge in [0, 0.05) is 18.2 Å². The summed E-state index contributed by atoms with van der Waals surface area (Å²) in [5.74, 6) is -0.616. The molecule has 0 N–H and O–H groups in total. The minimum atomic E-state index is -0.601. The summed E-state index contributed by atoms with van der Waals surface area (Å²) in [6.45, 7) is 2.92. The number of hydrogen-bond donors (Lipinski definition) is 0. The molecule has 0 saturated carbocycles. The van der Waals surface area contributed by atoms with Crippen LogP contribution in [0.3, 0.4) is 0 Å². The molecule has 0 aliphatic carbocycles. The third-order valence-electron chi connectivity index (χ3n) is 2.47. The Kier molecular flexibility index (Phi) is 3.92. The average Bonchev–Trinajstić information content (AvgIpc) is 2.76. The summed E-state index contributed by atoms with van der Waals surface area (Å²) in [6.07, 6.45) is 4.32. The first kappa shape index (κ1) is 12.5. The highest BCUT2D eigenvalue weighted by molar-refractivity contribution is 5.19. The molecule has 0 amide bonds. The summed E-state index contributed by atoms with van der Waals surface area (Å²) >= 11 is 0. The van der Waals surface area contributed by atoms with Gasteiger partial charge in [0.15, 0.2) is 5.75 Å². The Labute approximate surface area is 104 Å². The second-order valence-electron chi connectivity index (χ2n) is 3.96. The molecule has 96 valence electrons. The van der Waals surface area contributed by atoms with Gasteiger partial charge in [-0.15, -0.1) is 0 Å². The molecule has 0 atom stereocenters. The van der Waals surface area contributed by atoms with E-state index in [-0.39, 0.29) is 6.61 Å². The molecule has 18 heavy (non-hydrogen) atoms. The van der Waals surface area contributed by atoms with Crippen LogP contribution in [0.1, 0.15) is 18.9 Å². The van der Waals surface area contributed by atoms with Gasteiger partial charge in [0.1, 0.15) is 18.2 Å². The maximum atomic E-state index is 13.3. The van der Waals surface area contributed by atoms with Gasteiger partial charge in [-0.2, -0.15) is 5.10 Å². The van der Waals surface area contributed by atoms with Crippen LogP contribution < -0.4 is 4.74 Å². The van der Waals surface area contributed by atoms with Gasteiger partial charge in [-0.25, -0.2) is 8.78 Å². The van der Waals surface area contributed by atoms with E-state index in [4.69, 9.17) is 4.74 Å². The predicted molar refractivity (Wildman–Crippen MR) is 63.2 cm³/mol. The second-order valence-corrected chi connectivity index (χ2v) is 3.96. The van der Waals surface area contributed by atoms with Gasteiger partial charge in [0.25, 0.3) is 0 Å². The maximum Gasteiger partial charge on any atom is 0.157 e. The van der Waals surface area contributed by atoms with Crippen LogP contribution in [-0.4, -0.2) is 9.78 Å². The molecule has 0 radical (unpaired) electrons. The molecule has 2 aromatic rings. The maximum absolute atomic E-state index is 13.3. The summed E-state index contributed by atoms with van der Waals surface area (Å²) in [6, 6.07) is 3.43. The lowest BCUT2D eigenvalue weighted by Crippen LogP contribution is -1.99. The van der Waals surface area contributed by atoms with Gasteiger partial charge in [-0.3, -0.25) is 4.68 Å². The van der Waals surface area contributed by atoms with E-state index in [0.29, 0.717) is 11.3 Å². The molecule has 0 unspecified atom stereocenters. The standard InChI is InChI=1S/C13H14F2N2O/c1-2-5-17-8-12(7-16-17)18-9-10-3-4-11(14)6-13(10)15/h3-4,6-8H,2,5,9H2,1H3. The molecule has 0 aliphatic rings. The molecule has 1 heterocycles. The Bertz CT molecular complexity index is 525. The molecular formula is C13H14F2N2O. The zero-order valence-corrected chi connectivity index (χ0v) is 10.1. The monoisotopic (exact) mass is 252 g/mol. The Morgan fingerprint density at radius 1 is 1.33 bits per heavy atom. The fourth-order valence-electron chi connectivity index (χ4n) is 1.57. The molecule has 1 aromatic carbocycles. The first-order chi connectivity index (χ1) is 8.69. The Morgan fingerprint density at radius 3 is 2.89 bits per heavy atom. The molecule has 0 fully saturated rings. The second kappa shape index (κ2) is 5.62. The molecule has 0 saturated heterocycles. The van der Waals surface area contributed by atoms with Crippen LogP contribution in [0.4, 0.5) is 8.78 Å². The number of hydrogen-bond acceptors (Lipinski definition) is 2. The number of nitrogens with zero attached hydrogens (tertiary/aromatic N) is 2. The zero-order valence-electron chi connectivity index (χ0n) is 10.1. The molecule has 3 nitrogen and oxygen atoms in total. The van der Waals surface area contributed by atoms with Crippen molar-refractivity contribution in [1.82, 2.24) is 9.78 Å². The van der Waals surface area contributed by atoms with Crippen LogP contribution in [0.5, 0.6) is 5.75 Å². The van der Waals surface area contributed by atoms with Crippen molar-refractivity contribution in [2.75, 3.05) is 0 Å². The first-order valence-electron chi connectivity index (χ1n) is 5.78. The fourth-order valence-corrected chi connectivity index (χ4v) is 1.57. The Morgan fingerprint density at radius 2 is 2.17 bits per heavy atom. The van der Waals surface area contributed by atoms with Crippen LogP contribution >= 0.6 is 0 Å². The minimum Gasteiger partial charge on any atom is -0.486 e. The van der Waals surface area contributed by atoms with E-state index in [0.717, 1.165) is 19.0 Å². The van der Waals surface area contributed by atoms with Gasteiger partial charge in [-0.1, -0.05) is 6.92 Å². The average molecular weight is 252 g/mol. The van der Waals surface area contributed by atoms with Gasteiger partial charge in [-0.05, 0) is 18.6 Å². The van der Waals surface area contributed by atoms with Gasteiger partial charge in [0.05, 0.1) is 12.4 Å². The smallest absolute Gasteiger partial charge is 0.157 e. The van der Waals surface area contributed by atoms with Crippen molar-refractivity contribution >= 4 is 0 Å². The van der Waals surface area contributed by atoms with Crippen LogP contribution in [0.2, 0.25) is 0 Å². The van der Waals surface area contributed by atoms with E-state index in [9.17, 15) is 8.78 Å². The Hall–Kier alpha value is -1.91. The van der Waals surface area contributed by atoms with Crippen molar-refractivity contribution in [3.63, 3.8) is 0 Å². The van der Waals surface area contributed by atoms with E-state index in [1.54, 1.807) is 17.1 Å². The molecule has 0 aliphatic heterocycles. The van der Waals surface area contributed by atoms with Gasteiger partial charge in [0.2, 0.25) is 0 Å². The fraction of sp³-hybridized carbons (Fsp3) is 0.308. The lowest BCUT2D eigenvalue weighted by molar-refractivity contribution is 0.299. The van der Waals surface area contributed by atoms with Crippen LogP contribution in [-0.2, 0) is 13.2 Å². The SMILES string of the molecule is CCCn1cc(OCc2ccc(F)cc2F)cn1. The molecule has 2 rings (SSSR count). The number of aromatic nitrogens is 2. The highest BCUT2D eigenvalue weighted by atomic mass is 19.1. The quantitative estimate of drug-likeness (QED) is 0.817. The third-order valence-corrected chi connectivity index (χ3v) is 2.47. The zero-order chi connectivity index (χ0) is 13.0. The van der Waals surface area contributed by atoms with Crippen molar-refractivity contribution in [3.05, 3.63) is 47.8 Å². The number of rotatable bonds is 5. The number of aryl methyl sites for hydroxylation is 1. The van der Waals surface area contributed by atoms with Gasteiger partial charge < -0.3 is 4.74 Å². The van der Waals surface area contributed by atoms with Gasteiger partial charge >= 0.3 is 0 Å². The van der Waals surface area contributed by atoms with E-state index in [2.05, 4.69) is 12.0 Å². The summed E-state index contributed by atoms with van der Waals surface area (Å²) in [5, 5.41) is 4.09. The van der Waals surface area contributed by atoms with Crippen LogP contribution in [0.15, 0.2) is 30.6 Å². The highest BCUT2D eigenvalue weighted by Crippen LogP contribution is 2.14. The van der Waals surface area contributed by atoms with E-state index in [1.807, 2.05) is 0 Å². The predicted octanol–water partition coefficient (Wildman–Crippen LogP) is 3.15. The van der Waals surface area contributed by atoms with Crippen molar-refractivity contribution in [3.8, 4) is 5.75 Å². The first-order valence-corrected chi connectivity index (χ1v) is 5.78. The molecule has 0 bridgehead atoms. The summed E-state index contributed by atoms with van der Waals surface area (Å²) < 4.78 is 33.2. The third kappa shape index (κ3) is 3.06. The highest BCUT2D eigenvalue weighted by Gasteiger charge is 2.05. The lowest BCUT2D eigenvalue weighted by atomic mass is 10.2. The number of benzene rings is 1. The summed E-state index contributed by atoms with van der Waals surface area (Å²) in [5.41, 5.74) is 0.319. The van der Waals surface area contributed by atoms with Crippen LogP contribution in [0, 0.1) is 11.6 Å². The molecule has 0 spiro atoms. The molecule has 1 aromatic heterocycles.